The summed E-state index contributed by atoms with van der Waals surface area (Å²) in [6, 6.07) is 3.41. The number of hydrogen-bond donors (Lipinski definition) is 0. The van der Waals surface area contributed by atoms with Gasteiger partial charge in [-0.1, -0.05) is 6.92 Å². The molecule has 0 bridgehead atoms. The average molecular weight is 288 g/mol. The van der Waals surface area contributed by atoms with Gasteiger partial charge in [0, 0.05) is 13.1 Å². The first-order valence-corrected chi connectivity index (χ1v) is 6.16. The summed E-state index contributed by atoms with van der Waals surface area (Å²) < 4.78 is 11.3. The molecule has 0 N–H and O–H groups in total. The summed E-state index contributed by atoms with van der Waals surface area (Å²) >= 11 is 3.19. The third-order valence-corrected chi connectivity index (χ3v) is 3.09. The van der Waals surface area contributed by atoms with Crippen molar-refractivity contribution in [1.82, 2.24) is 4.90 Å². The lowest BCUT2D eigenvalue weighted by atomic mass is 10.2. The van der Waals surface area contributed by atoms with Gasteiger partial charge in [-0.2, -0.15) is 0 Å². The van der Waals surface area contributed by atoms with Crippen molar-refractivity contribution in [2.45, 2.75) is 19.4 Å². The van der Waals surface area contributed by atoms with Gasteiger partial charge in [0.05, 0.1) is 12.7 Å². The lowest BCUT2D eigenvalue weighted by Gasteiger charge is -2.31. The van der Waals surface area contributed by atoms with Crippen LogP contribution in [0.15, 0.2) is 21.2 Å². The molecule has 1 aromatic rings. The third kappa shape index (κ3) is 2.47. The minimum absolute atomic E-state index is 0.0625. The van der Waals surface area contributed by atoms with Crippen LogP contribution in [0.3, 0.4) is 0 Å². The molecule has 0 aliphatic carbocycles. The average Bonchev–Trinajstić information content (AvgIpc) is 2.75. The zero-order chi connectivity index (χ0) is 11.5. The first-order valence-electron chi connectivity index (χ1n) is 5.37. The van der Waals surface area contributed by atoms with Gasteiger partial charge >= 0.3 is 0 Å². The highest BCUT2D eigenvalue weighted by Crippen LogP contribution is 2.17. The van der Waals surface area contributed by atoms with Crippen LogP contribution in [0.2, 0.25) is 0 Å². The molecule has 0 aromatic carbocycles. The normalized spacial score (nSPS) is 21.1. The van der Waals surface area contributed by atoms with Crippen molar-refractivity contribution in [1.29, 1.82) is 0 Å². The van der Waals surface area contributed by atoms with Crippen LogP contribution in [0.4, 0.5) is 0 Å². The topological polar surface area (TPSA) is 42.7 Å². The Balaban J connectivity index is 2.04. The van der Waals surface area contributed by atoms with E-state index in [2.05, 4.69) is 22.9 Å². The van der Waals surface area contributed by atoms with Crippen molar-refractivity contribution >= 4 is 21.8 Å². The summed E-state index contributed by atoms with van der Waals surface area (Å²) in [7, 11) is 0. The number of nitrogens with zero attached hydrogens (tertiary/aromatic N) is 1. The maximum Gasteiger partial charge on any atom is 0.289 e. The molecule has 4 nitrogen and oxygen atoms in total. The van der Waals surface area contributed by atoms with E-state index in [0.717, 1.165) is 6.42 Å². The Hall–Kier alpha value is -0.810. The highest BCUT2D eigenvalue weighted by Gasteiger charge is 2.25. The molecule has 1 amide bonds. The Bertz CT molecular complexity index is 377. The van der Waals surface area contributed by atoms with E-state index in [0.29, 0.717) is 30.1 Å². The predicted molar refractivity (Wildman–Crippen MR) is 62.3 cm³/mol. The fourth-order valence-electron chi connectivity index (χ4n) is 1.74. The summed E-state index contributed by atoms with van der Waals surface area (Å²) in [4.78, 5) is 13.8. The van der Waals surface area contributed by atoms with Gasteiger partial charge < -0.3 is 14.1 Å². The molecule has 1 aliphatic rings. The van der Waals surface area contributed by atoms with Crippen LogP contribution in [0.5, 0.6) is 0 Å². The van der Waals surface area contributed by atoms with Crippen molar-refractivity contribution in [2.24, 2.45) is 0 Å². The Kier molecular flexibility index (Phi) is 3.66. The minimum Gasteiger partial charge on any atom is -0.444 e. The van der Waals surface area contributed by atoms with E-state index in [1.165, 1.54) is 0 Å². The Morgan fingerprint density at radius 2 is 2.44 bits per heavy atom. The maximum absolute atomic E-state index is 12.0. The fraction of sp³-hybridized carbons (Fsp3) is 0.545. The van der Waals surface area contributed by atoms with E-state index in [1.54, 1.807) is 17.0 Å². The van der Waals surface area contributed by atoms with Gasteiger partial charge in [-0.3, -0.25) is 4.79 Å². The van der Waals surface area contributed by atoms with Crippen LogP contribution < -0.4 is 0 Å². The van der Waals surface area contributed by atoms with Gasteiger partial charge in [0.15, 0.2) is 10.4 Å². The SMILES string of the molecule is CC[C@H]1CN(C(=O)c2ccc(Br)o2)CCO1. The van der Waals surface area contributed by atoms with E-state index in [-0.39, 0.29) is 12.0 Å². The molecular weight excluding hydrogens is 274 g/mol. The molecule has 1 atom stereocenters. The monoisotopic (exact) mass is 287 g/mol. The summed E-state index contributed by atoms with van der Waals surface area (Å²) in [5.74, 6) is 0.316. The van der Waals surface area contributed by atoms with Gasteiger partial charge in [0.2, 0.25) is 0 Å². The van der Waals surface area contributed by atoms with Gasteiger partial charge in [0.25, 0.3) is 5.91 Å². The lowest BCUT2D eigenvalue weighted by Crippen LogP contribution is -2.45. The number of furan rings is 1. The van der Waals surface area contributed by atoms with Crippen LogP contribution in [0, 0.1) is 0 Å². The molecule has 1 aromatic heterocycles. The second kappa shape index (κ2) is 5.01. The van der Waals surface area contributed by atoms with Gasteiger partial charge in [-0.15, -0.1) is 0 Å². The van der Waals surface area contributed by atoms with Gasteiger partial charge in [-0.25, -0.2) is 0 Å². The molecule has 16 heavy (non-hydrogen) atoms. The summed E-state index contributed by atoms with van der Waals surface area (Å²) in [5, 5.41) is 0. The third-order valence-electron chi connectivity index (χ3n) is 2.67. The molecule has 0 unspecified atom stereocenters. The predicted octanol–water partition coefficient (Wildman–Crippen LogP) is 2.29. The molecule has 88 valence electrons. The van der Waals surface area contributed by atoms with Crippen LogP contribution in [-0.2, 0) is 4.74 Å². The van der Waals surface area contributed by atoms with Crippen molar-refractivity contribution in [3.63, 3.8) is 0 Å². The van der Waals surface area contributed by atoms with Gasteiger partial charge in [0.1, 0.15) is 0 Å². The number of ether oxygens (including phenoxy) is 1. The van der Waals surface area contributed by atoms with Crippen LogP contribution in [0.1, 0.15) is 23.9 Å². The number of hydrogen-bond acceptors (Lipinski definition) is 3. The number of morpholine rings is 1. The molecule has 0 radical (unpaired) electrons. The number of carbonyl (C=O) groups is 1. The minimum atomic E-state index is -0.0625. The van der Waals surface area contributed by atoms with E-state index in [1.807, 2.05) is 0 Å². The second-order valence-electron chi connectivity index (χ2n) is 3.76. The maximum atomic E-state index is 12.0. The molecule has 0 saturated carbocycles. The molecular formula is C11H14BrNO3. The smallest absolute Gasteiger partial charge is 0.289 e. The Morgan fingerprint density at radius 3 is 3.06 bits per heavy atom. The first-order chi connectivity index (χ1) is 7.70. The zero-order valence-electron chi connectivity index (χ0n) is 9.11. The van der Waals surface area contributed by atoms with Crippen molar-refractivity contribution in [3.8, 4) is 0 Å². The molecule has 2 rings (SSSR count). The number of rotatable bonds is 2. The van der Waals surface area contributed by atoms with E-state index in [9.17, 15) is 4.79 Å². The largest absolute Gasteiger partial charge is 0.444 e. The molecule has 1 saturated heterocycles. The molecule has 0 spiro atoms. The van der Waals surface area contributed by atoms with E-state index in [4.69, 9.17) is 9.15 Å². The van der Waals surface area contributed by atoms with Crippen LogP contribution >= 0.6 is 15.9 Å². The Morgan fingerprint density at radius 1 is 1.62 bits per heavy atom. The quantitative estimate of drug-likeness (QED) is 0.838. The number of amides is 1. The number of carbonyl (C=O) groups excluding carboxylic acids is 1. The van der Waals surface area contributed by atoms with Crippen LogP contribution in [0.25, 0.3) is 0 Å². The Labute approximate surface area is 103 Å². The van der Waals surface area contributed by atoms with Gasteiger partial charge in [-0.05, 0) is 34.5 Å². The highest BCUT2D eigenvalue weighted by molar-refractivity contribution is 9.10. The molecule has 2 heterocycles. The van der Waals surface area contributed by atoms with Crippen molar-refractivity contribution < 1.29 is 13.9 Å². The summed E-state index contributed by atoms with van der Waals surface area (Å²) in [6.07, 6.45) is 1.07. The second-order valence-corrected chi connectivity index (χ2v) is 4.54. The summed E-state index contributed by atoms with van der Waals surface area (Å²) in [6.45, 7) is 3.94. The molecule has 1 fully saturated rings. The standard InChI is InChI=1S/C11H14BrNO3/c1-2-8-7-13(5-6-15-8)11(14)9-3-4-10(12)16-9/h3-4,8H,2,5-7H2,1H3/t8-/m0/s1. The highest BCUT2D eigenvalue weighted by atomic mass is 79.9. The number of halogens is 1. The zero-order valence-corrected chi connectivity index (χ0v) is 10.7. The first kappa shape index (κ1) is 11.7. The van der Waals surface area contributed by atoms with Crippen molar-refractivity contribution in [2.75, 3.05) is 19.7 Å². The molecule has 5 heteroatoms. The summed E-state index contributed by atoms with van der Waals surface area (Å²) in [5.41, 5.74) is 0. The molecule has 1 aliphatic heterocycles. The van der Waals surface area contributed by atoms with E-state index < -0.39 is 0 Å². The fourth-order valence-corrected chi connectivity index (χ4v) is 2.04. The van der Waals surface area contributed by atoms with Crippen molar-refractivity contribution in [3.05, 3.63) is 22.6 Å². The van der Waals surface area contributed by atoms with E-state index >= 15 is 0 Å². The lowest BCUT2D eigenvalue weighted by molar-refractivity contribution is -0.0235. The van der Waals surface area contributed by atoms with Crippen LogP contribution in [-0.4, -0.2) is 36.6 Å².